The molecule has 56 heavy (non-hydrogen) atoms. The van der Waals surface area contributed by atoms with Gasteiger partial charge in [-0.3, -0.25) is 0 Å². The van der Waals surface area contributed by atoms with Gasteiger partial charge in [0.05, 0.1) is 0 Å². The third kappa shape index (κ3) is 17.8. The van der Waals surface area contributed by atoms with Gasteiger partial charge in [-0.1, -0.05) is 241 Å². The van der Waals surface area contributed by atoms with E-state index >= 15 is 0 Å². The molecule has 6 aromatic carbocycles. The third-order valence-corrected chi connectivity index (χ3v) is 9.51. The summed E-state index contributed by atoms with van der Waals surface area (Å²) in [6.07, 6.45) is 3.09. The van der Waals surface area contributed by atoms with Crippen LogP contribution in [0.15, 0.2) is 158 Å². The van der Waals surface area contributed by atoms with Gasteiger partial charge in [0.25, 0.3) is 0 Å². The van der Waals surface area contributed by atoms with E-state index in [1.165, 1.54) is 55.6 Å². The molecule has 6 rings (SSSR count). The quantitative estimate of drug-likeness (QED) is 0.131. The van der Waals surface area contributed by atoms with Crippen LogP contribution in [0.4, 0.5) is 0 Å². The van der Waals surface area contributed by atoms with Crippen molar-refractivity contribution >= 4 is 0 Å². The van der Waals surface area contributed by atoms with Crippen molar-refractivity contribution in [2.24, 2.45) is 5.92 Å². The van der Waals surface area contributed by atoms with Gasteiger partial charge in [0.1, 0.15) is 0 Å². The molecule has 0 saturated heterocycles. The average molecular weight is 747 g/mol. The maximum absolute atomic E-state index is 2.27. The summed E-state index contributed by atoms with van der Waals surface area (Å²) in [4.78, 5) is 0. The van der Waals surface area contributed by atoms with Crippen LogP contribution >= 0.6 is 0 Å². The minimum absolute atomic E-state index is 0. The van der Waals surface area contributed by atoms with E-state index in [-0.39, 0.29) is 7.43 Å². The zero-order valence-corrected chi connectivity index (χ0v) is 36.0. The maximum atomic E-state index is 2.27. The second-order valence-electron chi connectivity index (χ2n) is 16.8. The average Bonchev–Trinajstić information content (AvgIpc) is 3.17. The fourth-order valence-corrected chi connectivity index (χ4v) is 6.20. The molecule has 0 aliphatic heterocycles. The summed E-state index contributed by atoms with van der Waals surface area (Å²) in [5, 5.41) is 0. The van der Waals surface area contributed by atoms with E-state index in [0.717, 1.165) is 25.2 Å². The van der Waals surface area contributed by atoms with Crippen molar-refractivity contribution in [2.75, 3.05) is 0 Å². The van der Waals surface area contributed by atoms with Crippen molar-refractivity contribution in [2.45, 2.75) is 127 Å². The Morgan fingerprint density at radius 2 is 0.554 bits per heavy atom. The molecule has 0 nitrogen and oxygen atoms in total. The molecule has 0 saturated carbocycles. The largest absolute Gasteiger partial charge is 0.0776 e. The van der Waals surface area contributed by atoms with Crippen LogP contribution < -0.4 is 0 Å². The zero-order valence-electron chi connectivity index (χ0n) is 36.0. The smallest absolute Gasteiger partial charge is 0.00229 e. The highest BCUT2D eigenvalue weighted by Crippen LogP contribution is 2.23. The highest BCUT2D eigenvalue weighted by Gasteiger charge is 2.07. The molecule has 298 valence electrons. The summed E-state index contributed by atoms with van der Waals surface area (Å²) in [6, 6.07) is 57.0. The van der Waals surface area contributed by atoms with Crippen LogP contribution in [-0.4, -0.2) is 0 Å². The van der Waals surface area contributed by atoms with Gasteiger partial charge in [-0.25, -0.2) is 0 Å². The van der Waals surface area contributed by atoms with Gasteiger partial charge in [-0.15, -0.1) is 0 Å². The lowest BCUT2D eigenvalue weighted by molar-refractivity contribution is 0.737. The Kier molecular flexibility index (Phi) is 21.6. The van der Waals surface area contributed by atoms with Crippen molar-refractivity contribution in [1.29, 1.82) is 0 Å². The number of hydrogen-bond donors (Lipinski definition) is 0. The number of benzene rings is 6. The van der Waals surface area contributed by atoms with E-state index in [2.05, 4.69) is 234 Å². The van der Waals surface area contributed by atoms with Gasteiger partial charge < -0.3 is 0 Å². The minimum Gasteiger partial charge on any atom is -0.0776 e. The Hall–Kier alpha value is -4.68. The molecule has 0 aliphatic rings. The monoisotopic (exact) mass is 747 g/mol. The Morgan fingerprint density at radius 1 is 0.286 bits per heavy atom. The van der Waals surface area contributed by atoms with Crippen molar-refractivity contribution in [3.05, 3.63) is 213 Å². The summed E-state index contributed by atoms with van der Waals surface area (Å²) >= 11 is 0. The minimum atomic E-state index is 0. The van der Waals surface area contributed by atoms with Crippen LogP contribution in [0, 0.1) is 5.92 Å². The molecule has 0 heterocycles. The molecule has 0 bridgehead atoms. The Labute approximate surface area is 344 Å². The molecule has 0 aliphatic carbocycles. The van der Waals surface area contributed by atoms with Gasteiger partial charge in [0.15, 0.2) is 0 Å². The standard InChI is InChI=1S/2C19H24.C13H12.C4H10.CH4/c1-14(2)18-9-5-16(6-10-18)13-17-7-11-19(12-8-17)15(3)4;1-14(2)17-11-9-16(10-12-17)13-18-7-5-6-8-19(18)15(3)4;1-3-7-12(8-4-1)11-13-9-5-2-6-10-13;1-4(2)3;/h2*5-12,14-15H,13H2,1-4H3;1-10H,11H2;4H,1-3H3;1H4. The van der Waals surface area contributed by atoms with E-state index < -0.39 is 0 Å². The molecule has 0 fully saturated rings. The molecule has 0 atom stereocenters. The first-order chi connectivity index (χ1) is 26.3. The van der Waals surface area contributed by atoms with E-state index in [4.69, 9.17) is 0 Å². The van der Waals surface area contributed by atoms with Crippen LogP contribution in [0.1, 0.15) is 163 Å². The lowest BCUT2D eigenvalue weighted by atomic mass is 9.92. The number of rotatable bonds is 10. The van der Waals surface area contributed by atoms with Gasteiger partial charge >= 0.3 is 0 Å². The van der Waals surface area contributed by atoms with Crippen LogP contribution in [0.3, 0.4) is 0 Å². The van der Waals surface area contributed by atoms with Crippen LogP contribution in [0.5, 0.6) is 0 Å². The van der Waals surface area contributed by atoms with Gasteiger partial charge in [0.2, 0.25) is 0 Å². The molecule has 0 N–H and O–H groups in total. The first kappa shape index (κ1) is 47.5. The molecule has 0 radical (unpaired) electrons. The zero-order chi connectivity index (χ0) is 40.2. The summed E-state index contributed by atoms with van der Waals surface area (Å²) < 4.78 is 0. The lowest BCUT2D eigenvalue weighted by Gasteiger charge is -2.13. The predicted octanol–water partition coefficient (Wildman–Crippen LogP) is 16.6. The molecule has 6 aromatic rings. The Balaban J connectivity index is 0.000000278. The first-order valence-electron chi connectivity index (χ1n) is 20.7. The molecular weight excluding hydrogens is 673 g/mol. The van der Waals surface area contributed by atoms with E-state index in [9.17, 15) is 0 Å². The van der Waals surface area contributed by atoms with E-state index in [1.807, 2.05) is 0 Å². The molecule has 0 heteroatoms. The van der Waals surface area contributed by atoms with Crippen LogP contribution in [-0.2, 0) is 19.3 Å². The van der Waals surface area contributed by atoms with E-state index in [1.54, 1.807) is 0 Å². The summed E-state index contributed by atoms with van der Waals surface area (Å²) in [7, 11) is 0. The summed E-state index contributed by atoms with van der Waals surface area (Å²) in [5.41, 5.74) is 14.1. The summed E-state index contributed by atoms with van der Waals surface area (Å²) in [6.45, 7) is 24.5. The fraction of sp³-hybridized carbons (Fsp3) is 0.357. The van der Waals surface area contributed by atoms with E-state index in [0.29, 0.717) is 23.7 Å². The Morgan fingerprint density at radius 3 is 0.857 bits per heavy atom. The topological polar surface area (TPSA) is 0 Å². The highest BCUT2D eigenvalue weighted by molar-refractivity contribution is 5.36. The predicted molar refractivity (Wildman–Crippen MR) is 251 cm³/mol. The Bertz CT molecular complexity index is 1770. The van der Waals surface area contributed by atoms with Crippen molar-refractivity contribution in [3.8, 4) is 0 Å². The molecular formula is C56H74. The van der Waals surface area contributed by atoms with Crippen molar-refractivity contribution < 1.29 is 0 Å². The SMILES string of the molecule is C.CC(C)C.CC(C)c1ccc(Cc2ccc(C(C)C)cc2)cc1.CC(C)c1ccc(Cc2ccccc2C(C)C)cc1.c1ccc(Cc2ccccc2)cc1. The fourth-order valence-electron chi connectivity index (χ4n) is 6.20. The first-order valence-corrected chi connectivity index (χ1v) is 20.7. The lowest BCUT2D eigenvalue weighted by Crippen LogP contribution is -1.97. The highest BCUT2D eigenvalue weighted by atomic mass is 14.1. The molecule has 0 unspecified atom stereocenters. The van der Waals surface area contributed by atoms with Crippen molar-refractivity contribution in [3.63, 3.8) is 0 Å². The number of hydrogen-bond acceptors (Lipinski definition) is 0. The van der Waals surface area contributed by atoms with Gasteiger partial charge in [0, 0.05) is 0 Å². The second kappa shape index (κ2) is 25.5. The maximum Gasteiger partial charge on any atom is -0.00229 e. The third-order valence-electron chi connectivity index (χ3n) is 9.51. The molecule has 0 spiro atoms. The second-order valence-corrected chi connectivity index (χ2v) is 16.8. The van der Waals surface area contributed by atoms with Gasteiger partial charge in [-0.05, 0) is 104 Å². The molecule has 0 amide bonds. The van der Waals surface area contributed by atoms with Crippen LogP contribution in [0.25, 0.3) is 0 Å². The normalized spacial score (nSPS) is 10.6. The molecule has 0 aromatic heterocycles. The van der Waals surface area contributed by atoms with Crippen LogP contribution in [0.2, 0.25) is 0 Å². The summed E-state index contributed by atoms with van der Waals surface area (Å²) in [5.74, 6) is 3.25. The van der Waals surface area contributed by atoms with Gasteiger partial charge in [-0.2, -0.15) is 0 Å². The van der Waals surface area contributed by atoms with Crippen molar-refractivity contribution in [1.82, 2.24) is 0 Å².